The predicted molar refractivity (Wildman–Crippen MR) is 126 cm³/mol. The summed E-state index contributed by atoms with van der Waals surface area (Å²) in [5.74, 6) is 2.60. The molecule has 6 rings (SSSR count). The molecule has 0 amide bonds. The number of hydrogen-bond donors (Lipinski definition) is 1. The Kier molecular flexibility index (Phi) is 4.84. The van der Waals surface area contributed by atoms with Crippen molar-refractivity contribution in [2.24, 2.45) is 0 Å². The van der Waals surface area contributed by atoms with E-state index in [0.717, 1.165) is 10.1 Å². The number of benzene rings is 3. The first-order valence-corrected chi connectivity index (χ1v) is 10.7. The van der Waals surface area contributed by atoms with Gasteiger partial charge in [-0.15, -0.1) is 0 Å². The standard InChI is InChI=1S/C25H18N4O6/c1-32-17-6-2-14(3-7-17)12-29-24(30)18-8-4-16(10-19(18)26-25(29)31)23-27-22(28-35-23)15-5-9-20-21(11-15)34-13-33-20/h2-11H,12-13H2,1H3,(H,26,31). The number of nitrogens with zero attached hydrogens (tertiary/aromatic N) is 3. The van der Waals surface area contributed by atoms with E-state index in [1.165, 1.54) is 0 Å². The predicted octanol–water partition coefficient (Wildman–Crippen LogP) is 3.19. The fraction of sp³-hybridized carbons (Fsp3) is 0.120. The zero-order chi connectivity index (χ0) is 23.9. The molecule has 0 saturated carbocycles. The van der Waals surface area contributed by atoms with Crippen molar-refractivity contribution in [2.75, 3.05) is 13.9 Å². The third kappa shape index (κ3) is 3.70. The van der Waals surface area contributed by atoms with Gasteiger partial charge in [-0.2, -0.15) is 4.98 Å². The molecule has 1 N–H and O–H groups in total. The van der Waals surface area contributed by atoms with Crippen LogP contribution in [0.1, 0.15) is 5.56 Å². The highest BCUT2D eigenvalue weighted by Gasteiger charge is 2.18. The Hall–Kier alpha value is -4.86. The molecule has 0 saturated heterocycles. The van der Waals surface area contributed by atoms with Gasteiger partial charge >= 0.3 is 5.69 Å². The summed E-state index contributed by atoms with van der Waals surface area (Å²) in [6.07, 6.45) is 0. The fourth-order valence-corrected chi connectivity index (χ4v) is 3.94. The minimum atomic E-state index is -0.512. The van der Waals surface area contributed by atoms with E-state index in [1.54, 1.807) is 49.6 Å². The lowest BCUT2D eigenvalue weighted by molar-refractivity contribution is 0.174. The Morgan fingerprint density at radius 2 is 1.77 bits per heavy atom. The normalized spacial score (nSPS) is 12.3. The molecule has 10 heteroatoms. The molecule has 1 aliphatic heterocycles. The van der Waals surface area contributed by atoms with Crippen LogP contribution in [0, 0.1) is 0 Å². The molecular formula is C25H18N4O6. The first-order chi connectivity index (χ1) is 17.1. The molecule has 35 heavy (non-hydrogen) atoms. The van der Waals surface area contributed by atoms with Crippen LogP contribution < -0.4 is 25.5 Å². The van der Waals surface area contributed by atoms with Crippen molar-refractivity contribution in [3.63, 3.8) is 0 Å². The van der Waals surface area contributed by atoms with Crippen molar-refractivity contribution in [1.82, 2.24) is 19.7 Å². The van der Waals surface area contributed by atoms with Gasteiger partial charge in [0.1, 0.15) is 5.75 Å². The molecule has 0 aliphatic carbocycles. The second-order valence-electron chi connectivity index (χ2n) is 7.92. The van der Waals surface area contributed by atoms with Crippen LogP contribution in [-0.2, 0) is 6.54 Å². The molecule has 174 valence electrons. The van der Waals surface area contributed by atoms with Gasteiger partial charge in [0.25, 0.3) is 11.4 Å². The first kappa shape index (κ1) is 20.7. The quantitative estimate of drug-likeness (QED) is 0.416. The SMILES string of the molecule is COc1ccc(Cn2c(=O)[nH]c3cc(-c4nc(-c5ccc6c(c5)OCO6)no4)ccc3c2=O)cc1. The van der Waals surface area contributed by atoms with Crippen LogP contribution in [0.3, 0.4) is 0 Å². The molecule has 2 aromatic heterocycles. The molecule has 3 heterocycles. The molecule has 5 aromatic rings. The number of H-pyrrole nitrogens is 1. The highest BCUT2D eigenvalue weighted by molar-refractivity contribution is 5.82. The summed E-state index contributed by atoms with van der Waals surface area (Å²) in [6.45, 7) is 0.311. The van der Waals surface area contributed by atoms with Crippen molar-refractivity contribution in [1.29, 1.82) is 0 Å². The lowest BCUT2D eigenvalue weighted by Gasteiger charge is -2.08. The van der Waals surface area contributed by atoms with Crippen molar-refractivity contribution >= 4 is 10.9 Å². The topological polar surface area (TPSA) is 121 Å². The number of ether oxygens (including phenoxy) is 3. The van der Waals surface area contributed by atoms with Crippen LogP contribution in [0.2, 0.25) is 0 Å². The summed E-state index contributed by atoms with van der Waals surface area (Å²) in [5, 5.41) is 4.42. The number of rotatable bonds is 5. The number of methoxy groups -OCH3 is 1. The van der Waals surface area contributed by atoms with Crippen molar-refractivity contribution in [3.8, 4) is 40.1 Å². The fourth-order valence-electron chi connectivity index (χ4n) is 3.94. The maximum absolute atomic E-state index is 13.1. The number of fused-ring (bicyclic) bond motifs is 2. The average Bonchev–Trinajstić information content (AvgIpc) is 3.56. The van der Waals surface area contributed by atoms with Gasteiger partial charge in [0.15, 0.2) is 11.5 Å². The summed E-state index contributed by atoms with van der Waals surface area (Å²) < 4.78 is 22.5. The molecule has 0 fully saturated rings. The summed E-state index contributed by atoms with van der Waals surface area (Å²) >= 11 is 0. The summed E-state index contributed by atoms with van der Waals surface area (Å²) in [5.41, 5.74) is 1.56. The van der Waals surface area contributed by atoms with E-state index in [2.05, 4.69) is 15.1 Å². The van der Waals surface area contributed by atoms with E-state index >= 15 is 0 Å². The molecule has 3 aromatic carbocycles. The second kappa shape index (κ2) is 8.17. The van der Waals surface area contributed by atoms with Crippen molar-refractivity contribution < 1.29 is 18.7 Å². The highest BCUT2D eigenvalue weighted by Crippen LogP contribution is 2.35. The number of aromatic nitrogens is 4. The van der Waals surface area contributed by atoms with Gasteiger partial charge in [-0.05, 0) is 54.1 Å². The maximum atomic E-state index is 13.1. The van der Waals surface area contributed by atoms with Gasteiger partial charge in [0.05, 0.1) is 24.6 Å². The lowest BCUT2D eigenvalue weighted by Crippen LogP contribution is -2.35. The van der Waals surface area contributed by atoms with E-state index in [4.69, 9.17) is 18.7 Å². The second-order valence-corrected chi connectivity index (χ2v) is 7.92. The molecule has 0 atom stereocenters. The molecule has 0 unspecified atom stereocenters. The summed E-state index contributed by atoms with van der Waals surface area (Å²) in [7, 11) is 1.58. The summed E-state index contributed by atoms with van der Waals surface area (Å²) in [4.78, 5) is 33.0. The van der Waals surface area contributed by atoms with Gasteiger partial charge in [-0.25, -0.2) is 4.79 Å². The van der Waals surface area contributed by atoms with Gasteiger partial charge < -0.3 is 23.7 Å². The molecule has 0 bridgehead atoms. The minimum Gasteiger partial charge on any atom is -0.497 e. The average molecular weight is 470 g/mol. The van der Waals surface area contributed by atoms with Crippen LogP contribution in [0.4, 0.5) is 0 Å². The smallest absolute Gasteiger partial charge is 0.329 e. The van der Waals surface area contributed by atoms with Crippen LogP contribution in [0.5, 0.6) is 17.2 Å². The third-order valence-corrected chi connectivity index (χ3v) is 5.79. The number of aromatic amines is 1. The van der Waals surface area contributed by atoms with Crippen LogP contribution >= 0.6 is 0 Å². The van der Waals surface area contributed by atoms with Crippen LogP contribution in [-0.4, -0.2) is 33.6 Å². The highest BCUT2D eigenvalue weighted by atomic mass is 16.7. The van der Waals surface area contributed by atoms with Gasteiger partial charge in [-0.3, -0.25) is 9.36 Å². The lowest BCUT2D eigenvalue weighted by atomic mass is 10.1. The minimum absolute atomic E-state index is 0.137. The largest absolute Gasteiger partial charge is 0.497 e. The molecule has 10 nitrogen and oxygen atoms in total. The maximum Gasteiger partial charge on any atom is 0.329 e. The zero-order valence-corrected chi connectivity index (χ0v) is 18.5. The summed E-state index contributed by atoms with van der Waals surface area (Å²) in [6, 6.07) is 17.5. The van der Waals surface area contributed by atoms with Crippen LogP contribution in [0.15, 0.2) is 74.8 Å². The van der Waals surface area contributed by atoms with Gasteiger partial charge in [-0.1, -0.05) is 17.3 Å². The van der Waals surface area contributed by atoms with Crippen molar-refractivity contribution in [2.45, 2.75) is 6.54 Å². The Bertz CT molecular complexity index is 1680. The monoisotopic (exact) mass is 470 g/mol. The number of nitrogens with one attached hydrogen (secondary N) is 1. The van der Waals surface area contributed by atoms with E-state index in [1.807, 2.05) is 18.2 Å². The Morgan fingerprint density at radius 1 is 0.971 bits per heavy atom. The Morgan fingerprint density at radius 3 is 2.60 bits per heavy atom. The van der Waals surface area contributed by atoms with Crippen LogP contribution in [0.25, 0.3) is 33.7 Å². The van der Waals surface area contributed by atoms with E-state index < -0.39 is 11.2 Å². The Balaban J connectivity index is 1.32. The van der Waals surface area contributed by atoms with E-state index in [9.17, 15) is 9.59 Å². The molecular weight excluding hydrogens is 452 g/mol. The zero-order valence-electron chi connectivity index (χ0n) is 18.5. The number of hydrogen-bond acceptors (Lipinski definition) is 8. The molecule has 1 aliphatic rings. The van der Waals surface area contributed by atoms with Gasteiger partial charge in [0.2, 0.25) is 12.6 Å². The molecule has 0 radical (unpaired) electrons. The molecule has 0 spiro atoms. The van der Waals surface area contributed by atoms with Gasteiger partial charge in [0, 0.05) is 11.1 Å². The van der Waals surface area contributed by atoms with E-state index in [0.29, 0.717) is 45.1 Å². The first-order valence-electron chi connectivity index (χ1n) is 10.7. The van der Waals surface area contributed by atoms with Crippen molar-refractivity contribution in [3.05, 3.63) is 87.1 Å². The Labute approximate surface area is 197 Å². The van der Waals surface area contributed by atoms with E-state index in [-0.39, 0.29) is 19.2 Å². The third-order valence-electron chi connectivity index (χ3n) is 5.79.